The minimum absolute atomic E-state index is 0.112. The van der Waals surface area contributed by atoms with E-state index in [0.717, 1.165) is 0 Å². The summed E-state index contributed by atoms with van der Waals surface area (Å²) < 4.78 is 39.9. The van der Waals surface area contributed by atoms with Crippen molar-refractivity contribution in [1.82, 2.24) is 5.32 Å². The minimum Gasteiger partial charge on any atom is -0.396 e. The topological polar surface area (TPSA) is 58.6 Å². The lowest BCUT2D eigenvalue weighted by Crippen LogP contribution is -2.44. The van der Waals surface area contributed by atoms with Crippen molar-refractivity contribution in [2.45, 2.75) is 39.1 Å². The fourth-order valence-electron chi connectivity index (χ4n) is 0.937. The monoisotopic (exact) mass is 257 g/mol. The van der Waals surface area contributed by atoms with Crippen molar-refractivity contribution in [3.63, 3.8) is 0 Å². The first-order valence-electron chi connectivity index (χ1n) is 5.27. The van der Waals surface area contributed by atoms with Crippen molar-refractivity contribution in [2.75, 3.05) is 13.2 Å². The number of alkyl halides is 3. The van der Waals surface area contributed by atoms with E-state index in [2.05, 4.69) is 10.1 Å². The largest absolute Gasteiger partial charge is 0.411 e. The first kappa shape index (κ1) is 16.2. The number of carbonyl (C=O) groups excluding carboxylic acids is 1. The molecule has 0 rings (SSSR count). The Kier molecular flexibility index (Phi) is 6.48. The van der Waals surface area contributed by atoms with Gasteiger partial charge in [0, 0.05) is 12.6 Å². The quantitative estimate of drug-likeness (QED) is 0.748. The number of halogens is 3. The summed E-state index contributed by atoms with van der Waals surface area (Å²) in [5, 5.41) is 11.3. The molecule has 4 nitrogen and oxygen atoms in total. The third-order valence-corrected chi connectivity index (χ3v) is 2.38. The van der Waals surface area contributed by atoms with Crippen LogP contribution in [0.15, 0.2) is 0 Å². The molecule has 3 unspecified atom stereocenters. The summed E-state index contributed by atoms with van der Waals surface area (Å²) in [6.07, 6.45) is -5.62. The molecular formula is C10H18F3NO3. The number of ether oxygens (including phenoxy) is 1. The van der Waals surface area contributed by atoms with Gasteiger partial charge in [0.15, 0.2) is 0 Å². The molecule has 102 valence electrons. The summed E-state index contributed by atoms with van der Waals surface area (Å²) in [5.74, 6) is -0.796. The van der Waals surface area contributed by atoms with Crippen LogP contribution in [0.2, 0.25) is 0 Å². The van der Waals surface area contributed by atoms with E-state index in [4.69, 9.17) is 5.11 Å². The molecule has 0 spiro atoms. The predicted molar refractivity (Wildman–Crippen MR) is 55.3 cm³/mol. The molecule has 3 atom stereocenters. The first-order chi connectivity index (χ1) is 7.67. The Balaban J connectivity index is 4.06. The third kappa shape index (κ3) is 7.17. The Bertz CT molecular complexity index is 245. The molecule has 0 aromatic rings. The predicted octanol–water partition coefficient (Wildman–Crippen LogP) is 1.09. The fourth-order valence-corrected chi connectivity index (χ4v) is 0.937. The summed E-state index contributed by atoms with van der Waals surface area (Å²) in [7, 11) is 0. The number of hydrogen-bond acceptors (Lipinski definition) is 3. The zero-order chi connectivity index (χ0) is 13.6. The maximum absolute atomic E-state index is 11.8. The second kappa shape index (κ2) is 6.80. The van der Waals surface area contributed by atoms with Gasteiger partial charge in [0.25, 0.3) is 0 Å². The number of rotatable bonds is 6. The van der Waals surface area contributed by atoms with E-state index < -0.39 is 24.8 Å². The maximum atomic E-state index is 11.8. The average Bonchev–Trinajstić information content (AvgIpc) is 2.23. The molecule has 1 amide bonds. The number of aliphatic hydroxyl groups excluding tert-OH is 1. The number of nitrogens with one attached hydrogen (secondary N) is 1. The van der Waals surface area contributed by atoms with E-state index in [0.29, 0.717) is 0 Å². The number of aliphatic hydroxyl groups is 1. The van der Waals surface area contributed by atoms with Gasteiger partial charge in [-0.1, -0.05) is 6.92 Å². The minimum atomic E-state index is -4.45. The molecule has 0 aliphatic rings. The van der Waals surface area contributed by atoms with Gasteiger partial charge in [0.05, 0.1) is 0 Å². The van der Waals surface area contributed by atoms with Crippen molar-refractivity contribution in [3.8, 4) is 0 Å². The van der Waals surface area contributed by atoms with Gasteiger partial charge < -0.3 is 15.2 Å². The van der Waals surface area contributed by atoms with Gasteiger partial charge in [-0.2, -0.15) is 13.2 Å². The molecule has 0 fully saturated rings. The van der Waals surface area contributed by atoms with Gasteiger partial charge in [-0.05, 0) is 19.8 Å². The molecule has 0 saturated carbocycles. The molecule has 0 heterocycles. The molecule has 0 aromatic carbocycles. The van der Waals surface area contributed by atoms with Crippen LogP contribution in [0.4, 0.5) is 13.2 Å². The summed E-state index contributed by atoms with van der Waals surface area (Å²) >= 11 is 0. The van der Waals surface area contributed by atoms with E-state index in [9.17, 15) is 18.0 Å². The molecule has 7 heteroatoms. The molecule has 0 aliphatic carbocycles. The molecule has 0 bridgehead atoms. The first-order valence-corrected chi connectivity index (χ1v) is 5.27. The summed E-state index contributed by atoms with van der Waals surface area (Å²) in [4.78, 5) is 11.4. The lowest BCUT2D eigenvalue weighted by Gasteiger charge is -2.22. The lowest BCUT2D eigenvalue weighted by molar-refractivity contribution is -0.185. The number of amides is 1. The molecule has 0 aliphatic heterocycles. The van der Waals surface area contributed by atoms with Gasteiger partial charge in [0.2, 0.25) is 5.91 Å². The molecule has 17 heavy (non-hydrogen) atoms. The average molecular weight is 257 g/mol. The van der Waals surface area contributed by atoms with E-state index >= 15 is 0 Å². The van der Waals surface area contributed by atoms with E-state index in [1.807, 2.05) is 0 Å². The van der Waals surface area contributed by atoms with E-state index in [-0.39, 0.29) is 18.6 Å². The normalized spacial score (nSPS) is 17.4. The van der Waals surface area contributed by atoms with Crippen molar-refractivity contribution >= 4 is 5.91 Å². The van der Waals surface area contributed by atoms with Crippen molar-refractivity contribution in [2.24, 2.45) is 5.92 Å². The van der Waals surface area contributed by atoms with Crippen molar-refractivity contribution in [1.29, 1.82) is 0 Å². The van der Waals surface area contributed by atoms with Crippen LogP contribution >= 0.6 is 0 Å². The molecule has 0 radical (unpaired) electrons. The molecule has 0 aromatic heterocycles. The Morgan fingerprint density at radius 2 is 1.88 bits per heavy atom. The Morgan fingerprint density at radius 1 is 1.35 bits per heavy atom. The van der Waals surface area contributed by atoms with Gasteiger partial charge in [-0.3, -0.25) is 4.79 Å². The Morgan fingerprint density at radius 3 is 2.29 bits per heavy atom. The van der Waals surface area contributed by atoms with Crippen LogP contribution in [0.3, 0.4) is 0 Å². The third-order valence-electron chi connectivity index (χ3n) is 2.38. The molecular weight excluding hydrogens is 239 g/mol. The van der Waals surface area contributed by atoms with E-state index in [1.54, 1.807) is 13.8 Å². The van der Waals surface area contributed by atoms with Crippen LogP contribution in [0, 0.1) is 5.92 Å². The van der Waals surface area contributed by atoms with Gasteiger partial charge in [0.1, 0.15) is 12.7 Å². The molecule has 2 N–H and O–H groups in total. The van der Waals surface area contributed by atoms with Gasteiger partial charge in [-0.25, -0.2) is 0 Å². The fraction of sp³-hybridized carbons (Fsp3) is 0.900. The number of carbonyl (C=O) groups is 1. The molecule has 0 saturated heterocycles. The number of hydrogen-bond donors (Lipinski definition) is 2. The van der Waals surface area contributed by atoms with E-state index in [1.165, 1.54) is 6.92 Å². The van der Waals surface area contributed by atoms with Crippen LogP contribution < -0.4 is 5.32 Å². The van der Waals surface area contributed by atoms with Gasteiger partial charge in [-0.15, -0.1) is 0 Å². The smallest absolute Gasteiger partial charge is 0.396 e. The highest BCUT2D eigenvalue weighted by atomic mass is 19.4. The van der Waals surface area contributed by atoms with Crippen LogP contribution in [-0.4, -0.2) is 42.5 Å². The summed E-state index contributed by atoms with van der Waals surface area (Å²) in [6, 6.07) is -0.329. The SMILES string of the molecule is CC(OCC(F)(F)F)C(=O)NC(C)C(C)CO. The zero-order valence-corrected chi connectivity index (χ0v) is 10.0. The Labute approximate surface area is 98.1 Å². The maximum Gasteiger partial charge on any atom is 0.411 e. The summed E-state index contributed by atoms with van der Waals surface area (Å²) in [5.41, 5.74) is 0. The highest BCUT2D eigenvalue weighted by Gasteiger charge is 2.30. The van der Waals surface area contributed by atoms with Crippen LogP contribution in [0.5, 0.6) is 0 Å². The van der Waals surface area contributed by atoms with Gasteiger partial charge >= 0.3 is 6.18 Å². The summed E-state index contributed by atoms with van der Waals surface area (Å²) in [6.45, 7) is 3.06. The second-order valence-electron chi connectivity index (χ2n) is 4.03. The van der Waals surface area contributed by atoms with Crippen LogP contribution in [0.1, 0.15) is 20.8 Å². The highest BCUT2D eigenvalue weighted by Crippen LogP contribution is 2.15. The van der Waals surface area contributed by atoms with Crippen LogP contribution in [0.25, 0.3) is 0 Å². The van der Waals surface area contributed by atoms with Crippen molar-refractivity contribution < 1.29 is 27.8 Å². The standard InChI is InChI=1S/C10H18F3NO3/c1-6(4-15)7(2)14-9(16)8(3)17-5-10(11,12)13/h6-8,15H,4-5H2,1-3H3,(H,14,16). The van der Waals surface area contributed by atoms with Crippen LogP contribution in [-0.2, 0) is 9.53 Å². The van der Waals surface area contributed by atoms with Crippen molar-refractivity contribution in [3.05, 3.63) is 0 Å². The lowest BCUT2D eigenvalue weighted by atomic mass is 10.1. The zero-order valence-electron chi connectivity index (χ0n) is 10.0. The highest BCUT2D eigenvalue weighted by molar-refractivity contribution is 5.80. The second-order valence-corrected chi connectivity index (χ2v) is 4.03. The Hall–Kier alpha value is -0.820.